The molecule has 0 radical (unpaired) electrons. The van der Waals surface area contributed by atoms with E-state index >= 15 is 0 Å². The van der Waals surface area contributed by atoms with Crippen LogP contribution in [0.3, 0.4) is 0 Å². The quantitative estimate of drug-likeness (QED) is 0.615. The second kappa shape index (κ2) is 4.43. The Bertz CT molecular complexity index is 421. The van der Waals surface area contributed by atoms with E-state index in [1.54, 1.807) is 19.1 Å². The Balaban J connectivity index is 2.00. The van der Waals surface area contributed by atoms with E-state index in [4.69, 9.17) is 0 Å². The predicted octanol–water partition coefficient (Wildman–Crippen LogP) is 2.08. The maximum atomic E-state index is 12.7. The largest absolute Gasteiger partial charge is 0.273 e. The van der Waals surface area contributed by atoms with Gasteiger partial charge in [0, 0.05) is 5.92 Å². The molecule has 0 unspecified atom stereocenters. The fraction of sp³-hybridized carbons (Fsp3) is 0.333. The van der Waals surface area contributed by atoms with Gasteiger partial charge in [0.1, 0.15) is 5.82 Å². The number of halogens is 1. The van der Waals surface area contributed by atoms with Gasteiger partial charge in [-0.15, -0.1) is 0 Å². The smallest absolute Gasteiger partial charge is 0.243 e. The maximum absolute atomic E-state index is 12.7. The average molecular weight is 220 g/mol. The molecule has 4 heteroatoms. The lowest BCUT2D eigenvalue weighted by Gasteiger charge is -2.01. The molecule has 1 fully saturated rings. The highest BCUT2D eigenvalue weighted by Crippen LogP contribution is 2.28. The van der Waals surface area contributed by atoms with E-state index in [1.807, 2.05) is 0 Å². The molecule has 1 aromatic rings. The van der Waals surface area contributed by atoms with Gasteiger partial charge in [-0.25, -0.2) is 9.82 Å². The van der Waals surface area contributed by atoms with E-state index in [2.05, 4.69) is 10.5 Å². The number of carbonyl (C=O) groups is 1. The first kappa shape index (κ1) is 10.8. The van der Waals surface area contributed by atoms with Gasteiger partial charge < -0.3 is 0 Å². The summed E-state index contributed by atoms with van der Waals surface area (Å²) in [5.41, 5.74) is 3.99. The van der Waals surface area contributed by atoms with Crippen LogP contribution in [0.4, 0.5) is 4.39 Å². The lowest BCUT2D eigenvalue weighted by Crippen LogP contribution is -2.20. The lowest BCUT2D eigenvalue weighted by atomic mass is 10.1. The summed E-state index contributed by atoms with van der Waals surface area (Å²) < 4.78 is 12.7. The Hall–Kier alpha value is -1.71. The predicted molar refractivity (Wildman–Crippen MR) is 59.5 cm³/mol. The number of nitrogens with one attached hydrogen (secondary N) is 1. The first-order valence-electron chi connectivity index (χ1n) is 5.27. The normalized spacial score (nSPS) is 16.0. The number of nitrogens with zero attached hydrogens (tertiary/aromatic N) is 1. The lowest BCUT2D eigenvalue weighted by molar-refractivity contribution is -0.122. The molecule has 3 nitrogen and oxygen atoms in total. The number of benzene rings is 1. The van der Waals surface area contributed by atoms with Crippen LogP contribution in [-0.4, -0.2) is 11.6 Å². The van der Waals surface area contributed by atoms with Gasteiger partial charge >= 0.3 is 0 Å². The van der Waals surface area contributed by atoms with Gasteiger partial charge in [-0.2, -0.15) is 5.10 Å². The van der Waals surface area contributed by atoms with Crippen LogP contribution in [0.25, 0.3) is 0 Å². The summed E-state index contributed by atoms with van der Waals surface area (Å²) in [4.78, 5) is 11.3. The Kier molecular flexibility index (Phi) is 2.99. The van der Waals surface area contributed by atoms with Crippen molar-refractivity contribution in [1.29, 1.82) is 0 Å². The van der Waals surface area contributed by atoms with E-state index in [0.29, 0.717) is 5.71 Å². The highest BCUT2D eigenvalue weighted by molar-refractivity contribution is 5.99. The van der Waals surface area contributed by atoms with E-state index < -0.39 is 0 Å². The minimum absolute atomic E-state index is 0.0264. The number of hydrogen-bond donors (Lipinski definition) is 1. The first-order valence-corrected chi connectivity index (χ1v) is 5.27. The van der Waals surface area contributed by atoms with Gasteiger partial charge in [-0.1, -0.05) is 12.1 Å². The third-order valence-electron chi connectivity index (χ3n) is 2.54. The molecule has 0 atom stereocenters. The summed E-state index contributed by atoms with van der Waals surface area (Å²) in [6, 6.07) is 6.02. The van der Waals surface area contributed by atoms with Gasteiger partial charge in [-0.05, 0) is 37.5 Å². The summed E-state index contributed by atoms with van der Waals surface area (Å²) in [6.07, 6.45) is 1.91. The van der Waals surface area contributed by atoms with Crippen LogP contribution in [-0.2, 0) is 4.79 Å². The Labute approximate surface area is 93.4 Å². The SMILES string of the molecule is CC(=NNC(=O)C1CC1)c1ccc(F)cc1. The molecule has 0 aromatic heterocycles. The molecular formula is C12H13FN2O. The minimum Gasteiger partial charge on any atom is -0.273 e. The number of hydrazone groups is 1. The maximum Gasteiger partial charge on any atom is 0.243 e. The number of hydrogen-bond acceptors (Lipinski definition) is 2. The zero-order chi connectivity index (χ0) is 11.5. The summed E-state index contributed by atoms with van der Waals surface area (Å²) in [5, 5.41) is 3.98. The summed E-state index contributed by atoms with van der Waals surface area (Å²) in [5.74, 6) is -0.162. The fourth-order valence-electron chi connectivity index (χ4n) is 1.33. The van der Waals surface area contributed by atoms with Crippen molar-refractivity contribution >= 4 is 11.6 Å². The zero-order valence-electron chi connectivity index (χ0n) is 9.03. The molecule has 0 heterocycles. The molecule has 0 bridgehead atoms. The van der Waals surface area contributed by atoms with Gasteiger partial charge in [0.05, 0.1) is 5.71 Å². The first-order chi connectivity index (χ1) is 7.66. The van der Waals surface area contributed by atoms with Crippen molar-refractivity contribution in [3.8, 4) is 0 Å². The van der Waals surface area contributed by atoms with Crippen molar-refractivity contribution in [2.45, 2.75) is 19.8 Å². The standard InChI is InChI=1S/C12H13FN2O/c1-8(9-4-6-11(13)7-5-9)14-15-12(16)10-2-3-10/h4-7,10H,2-3H2,1H3,(H,15,16). The topological polar surface area (TPSA) is 41.5 Å². The number of amides is 1. The van der Waals surface area contributed by atoms with E-state index in [0.717, 1.165) is 18.4 Å². The van der Waals surface area contributed by atoms with Crippen molar-refractivity contribution in [2.75, 3.05) is 0 Å². The summed E-state index contributed by atoms with van der Waals surface area (Å²) in [7, 11) is 0. The van der Waals surface area contributed by atoms with Gasteiger partial charge in [0.25, 0.3) is 0 Å². The van der Waals surface area contributed by atoms with Crippen molar-refractivity contribution in [2.24, 2.45) is 11.0 Å². The van der Waals surface area contributed by atoms with E-state index in [1.165, 1.54) is 12.1 Å². The highest BCUT2D eigenvalue weighted by atomic mass is 19.1. The molecule has 16 heavy (non-hydrogen) atoms. The Morgan fingerprint density at radius 1 is 1.38 bits per heavy atom. The zero-order valence-corrected chi connectivity index (χ0v) is 9.03. The molecule has 84 valence electrons. The minimum atomic E-state index is -0.279. The molecule has 1 saturated carbocycles. The summed E-state index contributed by atoms with van der Waals surface area (Å²) >= 11 is 0. The monoisotopic (exact) mass is 220 g/mol. The van der Waals surface area contributed by atoms with E-state index in [9.17, 15) is 9.18 Å². The van der Waals surface area contributed by atoms with Crippen molar-refractivity contribution in [1.82, 2.24) is 5.43 Å². The number of carbonyl (C=O) groups excluding carboxylic acids is 1. The summed E-state index contributed by atoms with van der Waals surface area (Å²) in [6.45, 7) is 1.78. The van der Waals surface area contributed by atoms with Crippen LogP contribution < -0.4 is 5.43 Å². The van der Waals surface area contributed by atoms with Gasteiger partial charge in [-0.3, -0.25) is 4.79 Å². The van der Waals surface area contributed by atoms with Crippen molar-refractivity contribution in [3.05, 3.63) is 35.6 Å². The van der Waals surface area contributed by atoms with E-state index in [-0.39, 0.29) is 17.6 Å². The number of rotatable bonds is 3. The van der Waals surface area contributed by atoms with Crippen LogP contribution in [0.2, 0.25) is 0 Å². The fourth-order valence-corrected chi connectivity index (χ4v) is 1.33. The second-order valence-electron chi connectivity index (χ2n) is 3.95. The van der Waals surface area contributed by atoms with Gasteiger partial charge in [0.15, 0.2) is 0 Å². The molecule has 1 aromatic carbocycles. The molecule has 2 rings (SSSR count). The van der Waals surface area contributed by atoms with Crippen LogP contribution >= 0.6 is 0 Å². The Morgan fingerprint density at radius 2 is 2.00 bits per heavy atom. The Morgan fingerprint density at radius 3 is 2.56 bits per heavy atom. The third-order valence-corrected chi connectivity index (χ3v) is 2.54. The second-order valence-corrected chi connectivity index (χ2v) is 3.95. The van der Waals surface area contributed by atoms with Crippen LogP contribution in [0.15, 0.2) is 29.4 Å². The molecule has 1 aliphatic carbocycles. The third kappa shape index (κ3) is 2.66. The van der Waals surface area contributed by atoms with Crippen LogP contribution in [0.5, 0.6) is 0 Å². The van der Waals surface area contributed by atoms with Crippen molar-refractivity contribution in [3.63, 3.8) is 0 Å². The molecule has 0 spiro atoms. The molecular weight excluding hydrogens is 207 g/mol. The molecule has 1 N–H and O–H groups in total. The molecule has 0 saturated heterocycles. The van der Waals surface area contributed by atoms with Crippen LogP contribution in [0.1, 0.15) is 25.3 Å². The van der Waals surface area contributed by atoms with Crippen molar-refractivity contribution < 1.29 is 9.18 Å². The molecule has 1 aliphatic rings. The van der Waals surface area contributed by atoms with Crippen LogP contribution in [0, 0.1) is 11.7 Å². The molecule has 0 aliphatic heterocycles. The highest BCUT2D eigenvalue weighted by Gasteiger charge is 2.29. The molecule has 1 amide bonds. The average Bonchev–Trinajstić information content (AvgIpc) is 3.10. The van der Waals surface area contributed by atoms with Gasteiger partial charge in [0.2, 0.25) is 5.91 Å².